The quantitative estimate of drug-likeness (QED) is 0.715. The van der Waals surface area contributed by atoms with Gasteiger partial charge < -0.3 is 19.1 Å². The van der Waals surface area contributed by atoms with Crippen molar-refractivity contribution in [3.05, 3.63) is 29.3 Å². The summed E-state index contributed by atoms with van der Waals surface area (Å²) in [7, 11) is -2.19. The van der Waals surface area contributed by atoms with E-state index >= 15 is 0 Å². The molecule has 2 heterocycles. The summed E-state index contributed by atoms with van der Waals surface area (Å²) in [5, 5.41) is 3.33. The highest BCUT2D eigenvalue weighted by Gasteiger charge is 2.51. The molecule has 0 spiro atoms. The molecule has 0 aromatic heterocycles. The van der Waals surface area contributed by atoms with Crippen LogP contribution in [0.15, 0.2) is 18.2 Å². The van der Waals surface area contributed by atoms with Crippen molar-refractivity contribution in [3.8, 4) is 0 Å². The smallest absolute Gasteiger partial charge is 0.417 e. The second-order valence-corrected chi connectivity index (χ2v) is 16.1. The van der Waals surface area contributed by atoms with Gasteiger partial charge in [-0.05, 0) is 75.8 Å². The average molecular weight is 431 g/mol. The Balaban J connectivity index is 1.69. The lowest BCUT2D eigenvalue weighted by molar-refractivity contribution is 0.00578. The summed E-state index contributed by atoms with van der Waals surface area (Å²) < 4.78 is 18.7. The van der Waals surface area contributed by atoms with E-state index in [1.165, 1.54) is 0 Å². The summed E-state index contributed by atoms with van der Waals surface area (Å²) in [4.78, 5) is 12.6. The Kier molecular flexibility index (Phi) is 6.09. The van der Waals surface area contributed by atoms with Gasteiger partial charge in [-0.2, -0.15) is 0 Å². The molecule has 166 valence electrons. The molecule has 5 nitrogen and oxygen atoms in total. The van der Waals surface area contributed by atoms with Gasteiger partial charge in [0.1, 0.15) is 0 Å². The fraction of sp³-hybridized carbons (Fsp3) is 0.696. The lowest BCUT2D eigenvalue weighted by Gasteiger charge is -2.37. The fourth-order valence-corrected chi connectivity index (χ4v) is 4.62. The molecule has 0 saturated carbocycles. The average Bonchev–Trinajstić information content (AvgIpc) is 2.81. The summed E-state index contributed by atoms with van der Waals surface area (Å²) in [5.74, 6) is -0.00551. The topological polar surface area (TPSA) is 56.8 Å². The Bertz CT molecular complexity index is 800. The molecule has 7 heteroatoms. The van der Waals surface area contributed by atoms with Gasteiger partial charge in [-0.15, -0.1) is 0 Å². The van der Waals surface area contributed by atoms with Crippen LogP contribution in [0.1, 0.15) is 70.8 Å². The lowest BCUT2D eigenvalue weighted by atomic mass is 9.76. The first-order valence-corrected chi connectivity index (χ1v) is 14.0. The van der Waals surface area contributed by atoms with Crippen molar-refractivity contribution in [2.45, 2.75) is 96.7 Å². The minimum atomic E-state index is -1.78. The lowest BCUT2D eigenvalue weighted by Crippen LogP contribution is -2.45. The van der Waals surface area contributed by atoms with Crippen LogP contribution < -0.4 is 10.8 Å². The van der Waals surface area contributed by atoms with Crippen molar-refractivity contribution >= 4 is 26.8 Å². The van der Waals surface area contributed by atoms with Crippen LogP contribution in [0.25, 0.3) is 0 Å². The molecule has 1 aromatic rings. The zero-order valence-corrected chi connectivity index (χ0v) is 21.1. The standard InChI is InChI=1S/C23H38BNO4Si/c1-21(2,3)30(8,9)27-13-12-18-15-16-14-17(10-11-19(16)20(26)25-18)24-28-22(4,5)23(6,7)29-24/h10-11,14,18H,12-13,15H2,1-9H3,(H,25,26). The Hall–Kier alpha value is -1.15. The molecule has 2 aliphatic heterocycles. The molecule has 0 bridgehead atoms. The molecule has 1 N–H and O–H groups in total. The highest BCUT2D eigenvalue weighted by Crippen LogP contribution is 2.37. The van der Waals surface area contributed by atoms with E-state index in [0.29, 0.717) is 6.61 Å². The van der Waals surface area contributed by atoms with Crippen molar-refractivity contribution in [1.29, 1.82) is 0 Å². The van der Waals surface area contributed by atoms with Gasteiger partial charge in [-0.25, -0.2) is 0 Å². The second kappa shape index (κ2) is 7.77. The maximum atomic E-state index is 12.6. The number of fused-ring (bicyclic) bond motifs is 1. The third-order valence-corrected chi connectivity index (χ3v) is 12.0. The minimum Gasteiger partial charge on any atom is -0.417 e. The molecule has 0 radical (unpaired) electrons. The van der Waals surface area contributed by atoms with Crippen molar-refractivity contribution in [2.24, 2.45) is 0 Å². The van der Waals surface area contributed by atoms with E-state index in [1.54, 1.807) is 0 Å². The Morgan fingerprint density at radius 1 is 1.17 bits per heavy atom. The van der Waals surface area contributed by atoms with Gasteiger partial charge in [-0.1, -0.05) is 32.9 Å². The van der Waals surface area contributed by atoms with Gasteiger partial charge in [-0.3, -0.25) is 4.79 Å². The molecule has 30 heavy (non-hydrogen) atoms. The van der Waals surface area contributed by atoms with Crippen LogP contribution in [-0.4, -0.2) is 45.2 Å². The van der Waals surface area contributed by atoms with Crippen molar-refractivity contribution in [3.63, 3.8) is 0 Å². The van der Waals surface area contributed by atoms with Crippen molar-refractivity contribution in [2.75, 3.05) is 6.61 Å². The van der Waals surface area contributed by atoms with Crippen LogP contribution in [0.2, 0.25) is 18.1 Å². The SMILES string of the molecule is CC1(C)OB(c2ccc3c(c2)CC(CCO[Si](C)(C)C(C)(C)C)NC3=O)OC1(C)C. The van der Waals surface area contributed by atoms with E-state index in [0.717, 1.165) is 29.4 Å². The van der Waals surface area contributed by atoms with E-state index in [4.69, 9.17) is 13.7 Å². The molecule has 0 aliphatic carbocycles. The van der Waals surface area contributed by atoms with Crippen molar-refractivity contribution < 1.29 is 18.5 Å². The molecule has 1 fully saturated rings. The van der Waals surface area contributed by atoms with Gasteiger partial charge >= 0.3 is 7.12 Å². The van der Waals surface area contributed by atoms with Gasteiger partial charge in [0.05, 0.1) is 11.2 Å². The summed E-state index contributed by atoms with van der Waals surface area (Å²) in [6.07, 6.45) is 1.62. The molecule has 1 unspecified atom stereocenters. The van der Waals surface area contributed by atoms with Crippen LogP contribution in [0.3, 0.4) is 0 Å². The van der Waals surface area contributed by atoms with Crippen LogP contribution >= 0.6 is 0 Å². The molecule has 1 amide bonds. The minimum absolute atomic E-state index is 0.00551. The fourth-order valence-electron chi connectivity index (χ4n) is 3.56. The van der Waals surface area contributed by atoms with Crippen LogP contribution in [0.4, 0.5) is 0 Å². The molecule has 1 atom stereocenters. The summed E-state index contributed by atoms with van der Waals surface area (Å²) in [6.45, 7) is 20.1. The van der Waals surface area contributed by atoms with E-state index in [1.807, 2.05) is 12.1 Å². The highest BCUT2D eigenvalue weighted by molar-refractivity contribution is 6.74. The maximum Gasteiger partial charge on any atom is 0.494 e. The van der Waals surface area contributed by atoms with Gasteiger partial charge in [0.25, 0.3) is 5.91 Å². The zero-order valence-electron chi connectivity index (χ0n) is 20.1. The molecular formula is C23H38BNO4Si. The maximum absolute atomic E-state index is 12.6. The number of nitrogens with one attached hydrogen (secondary N) is 1. The molecular weight excluding hydrogens is 393 g/mol. The molecule has 2 aliphatic rings. The van der Waals surface area contributed by atoms with Crippen molar-refractivity contribution in [1.82, 2.24) is 5.32 Å². The van der Waals surface area contributed by atoms with Gasteiger partial charge in [0, 0.05) is 18.2 Å². The summed E-state index contributed by atoms with van der Waals surface area (Å²) in [5.41, 5.74) is 2.02. The van der Waals surface area contributed by atoms with Crippen LogP contribution in [0, 0.1) is 0 Å². The van der Waals surface area contributed by atoms with Crippen LogP contribution in [-0.2, 0) is 20.2 Å². The second-order valence-electron chi connectivity index (χ2n) is 11.3. The Labute approximate surface area is 183 Å². The summed E-state index contributed by atoms with van der Waals surface area (Å²) in [6, 6.07) is 6.01. The van der Waals surface area contributed by atoms with Gasteiger partial charge in [0.2, 0.25) is 0 Å². The zero-order chi connectivity index (χ0) is 22.5. The third-order valence-electron chi connectivity index (χ3n) is 7.44. The van der Waals surface area contributed by atoms with E-state index in [-0.39, 0.29) is 28.2 Å². The first-order chi connectivity index (χ1) is 13.6. The van der Waals surface area contributed by atoms with E-state index in [2.05, 4.69) is 72.9 Å². The number of amides is 1. The monoisotopic (exact) mass is 431 g/mol. The van der Waals surface area contributed by atoms with E-state index < -0.39 is 15.4 Å². The number of hydrogen-bond donors (Lipinski definition) is 1. The highest BCUT2D eigenvalue weighted by atomic mass is 28.4. The van der Waals surface area contributed by atoms with Crippen LogP contribution in [0.5, 0.6) is 0 Å². The number of benzene rings is 1. The Morgan fingerprint density at radius 2 is 1.77 bits per heavy atom. The van der Waals surface area contributed by atoms with Gasteiger partial charge in [0.15, 0.2) is 8.32 Å². The molecule has 1 aromatic carbocycles. The number of carbonyl (C=O) groups excluding carboxylic acids is 1. The Morgan fingerprint density at radius 3 is 2.33 bits per heavy atom. The normalized spacial score (nSPS) is 23.3. The third kappa shape index (κ3) is 4.54. The molecule has 1 saturated heterocycles. The first kappa shape index (κ1) is 23.5. The largest absolute Gasteiger partial charge is 0.494 e. The predicted octanol–water partition coefficient (Wildman–Crippen LogP) is 4.05. The molecule has 3 rings (SSSR count). The van der Waals surface area contributed by atoms with E-state index in [9.17, 15) is 4.79 Å². The summed E-state index contributed by atoms with van der Waals surface area (Å²) >= 11 is 0. The number of carbonyl (C=O) groups is 1. The predicted molar refractivity (Wildman–Crippen MR) is 125 cm³/mol. The number of hydrogen-bond acceptors (Lipinski definition) is 4. The number of rotatable bonds is 5. The first-order valence-electron chi connectivity index (χ1n) is 11.1.